The van der Waals surface area contributed by atoms with Crippen molar-refractivity contribution in [2.24, 2.45) is 5.92 Å². The first-order valence-electron chi connectivity index (χ1n) is 15.7. The highest BCUT2D eigenvalue weighted by atomic mass is 16.7. The number of hydrogen-bond donors (Lipinski definition) is 0. The molecule has 218 valence electrons. The summed E-state index contributed by atoms with van der Waals surface area (Å²) >= 11 is 0. The maximum absolute atomic E-state index is 13.1. The number of unbranched alkanes of at least 4 members (excludes halogenated alkanes) is 9. The topological polar surface area (TPSA) is 35.5 Å². The van der Waals surface area contributed by atoms with Crippen LogP contribution in [-0.2, 0) is 22.5 Å². The lowest BCUT2D eigenvalue weighted by Gasteiger charge is -2.33. The zero-order valence-corrected chi connectivity index (χ0v) is 25.6. The predicted octanol–water partition coefficient (Wildman–Crippen LogP) is 9.11. The molecule has 2 unspecified atom stereocenters. The Morgan fingerprint density at radius 2 is 1.36 bits per heavy atom. The summed E-state index contributed by atoms with van der Waals surface area (Å²) in [5.41, 5.74) is 2.57. The van der Waals surface area contributed by atoms with Crippen LogP contribution in [0.15, 0.2) is 54.6 Å². The fourth-order valence-corrected chi connectivity index (χ4v) is 5.27. The van der Waals surface area contributed by atoms with E-state index in [1.54, 1.807) is 0 Å². The highest BCUT2D eigenvalue weighted by molar-refractivity contribution is 5.72. The van der Waals surface area contributed by atoms with Crippen molar-refractivity contribution in [1.29, 1.82) is 0 Å². The van der Waals surface area contributed by atoms with E-state index in [-0.39, 0.29) is 11.9 Å². The molecular formula is C35H56NO3+. The van der Waals surface area contributed by atoms with E-state index < -0.39 is 6.29 Å². The van der Waals surface area contributed by atoms with Crippen molar-refractivity contribution in [3.8, 4) is 5.75 Å². The first kappa shape index (κ1) is 32.9. The third-order valence-electron chi connectivity index (χ3n) is 7.56. The van der Waals surface area contributed by atoms with Gasteiger partial charge < -0.3 is 14.0 Å². The van der Waals surface area contributed by atoms with Crippen molar-refractivity contribution in [2.75, 3.05) is 20.6 Å². The lowest BCUT2D eigenvalue weighted by atomic mass is 10.0. The standard InChI is InChI=1S/C35H56NO3/c1-6-9-10-11-12-13-14-15-16-18-22-30-25-21-26-33(27-30)38-34(8-3)39-35(37)32(7-2)29-36(4,5)28-31-23-19-17-20-24-31/h17,19-21,23-27,32,34H,6-16,18,22,28-29H2,1-5H3/q+1. The number of rotatable bonds is 21. The van der Waals surface area contributed by atoms with E-state index in [1.165, 1.54) is 75.3 Å². The molecule has 0 radical (unpaired) electrons. The molecule has 4 heteroatoms. The summed E-state index contributed by atoms with van der Waals surface area (Å²) < 4.78 is 12.8. The van der Waals surface area contributed by atoms with Gasteiger partial charge in [-0.1, -0.05) is 121 Å². The molecule has 4 nitrogen and oxygen atoms in total. The summed E-state index contributed by atoms with van der Waals surface area (Å²) in [6.07, 6.45) is 15.3. The molecule has 0 heterocycles. The summed E-state index contributed by atoms with van der Waals surface area (Å²) in [4.78, 5) is 13.1. The molecule has 0 N–H and O–H groups in total. The number of ether oxygens (including phenoxy) is 2. The van der Waals surface area contributed by atoms with E-state index in [0.29, 0.717) is 6.42 Å². The summed E-state index contributed by atoms with van der Waals surface area (Å²) in [7, 11) is 4.35. The van der Waals surface area contributed by atoms with Gasteiger partial charge in [-0.15, -0.1) is 0 Å². The Morgan fingerprint density at radius 3 is 1.97 bits per heavy atom. The van der Waals surface area contributed by atoms with Crippen molar-refractivity contribution < 1.29 is 18.8 Å². The number of carbonyl (C=O) groups excluding carboxylic acids is 1. The van der Waals surface area contributed by atoms with Gasteiger partial charge in [0.1, 0.15) is 18.2 Å². The molecule has 2 aromatic carbocycles. The molecule has 0 aliphatic carbocycles. The molecule has 0 spiro atoms. The Morgan fingerprint density at radius 1 is 0.744 bits per heavy atom. The molecule has 0 aromatic heterocycles. The molecule has 0 aliphatic rings. The van der Waals surface area contributed by atoms with Crippen LogP contribution in [-0.4, -0.2) is 37.4 Å². The molecular weight excluding hydrogens is 482 g/mol. The average molecular weight is 539 g/mol. The highest BCUT2D eigenvalue weighted by Gasteiger charge is 2.30. The molecule has 39 heavy (non-hydrogen) atoms. The van der Waals surface area contributed by atoms with Gasteiger partial charge in [0.15, 0.2) is 0 Å². The number of esters is 1. The van der Waals surface area contributed by atoms with Crippen molar-refractivity contribution in [2.45, 2.75) is 117 Å². The van der Waals surface area contributed by atoms with E-state index in [4.69, 9.17) is 9.47 Å². The van der Waals surface area contributed by atoms with Crippen LogP contribution in [0.3, 0.4) is 0 Å². The molecule has 0 saturated heterocycles. The second-order valence-electron chi connectivity index (χ2n) is 11.8. The Kier molecular flexibility index (Phi) is 15.9. The largest absolute Gasteiger partial charge is 0.455 e. The normalized spacial score (nSPS) is 13.2. The van der Waals surface area contributed by atoms with Crippen LogP contribution in [0.4, 0.5) is 0 Å². The molecule has 0 amide bonds. The lowest BCUT2D eigenvalue weighted by Crippen LogP contribution is -2.45. The van der Waals surface area contributed by atoms with E-state index in [0.717, 1.165) is 36.2 Å². The SMILES string of the molecule is CCCCCCCCCCCCc1cccc(OC(CC)OC(=O)C(CC)C[N+](C)(C)Cc2ccccc2)c1. The van der Waals surface area contributed by atoms with E-state index >= 15 is 0 Å². The average Bonchev–Trinajstić information content (AvgIpc) is 2.93. The second kappa shape index (κ2) is 18.9. The van der Waals surface area contributed by atoms with Gasteiger partial charge in [-0.25, -0.2) is 0 Å². The summed E-state index contributed by atoms with van der Waals surface area (Å²) in [5, 5.41) is 0. The minimum atomic E-state index is -0.566. The van der Waals surface area contributed by atoms with Crippen LogP contribution in [0.25, 0.3) is 0 Å². The second-order valence-corrected chi connectivity index (χ2v) is 11.8. The van der Waals surface area contributed by atoms with Crippen LogP contribution in [0, 0.1) is 5.92 Å². The zero-order valence-electron chi connectivity index (χ0n) is 25.6. The van der Waals surface area contributed by atoms with Gasteiger partial charge >= 0.3 is 5.97 Å². The molecule has 0 fully saturated rings. The third kappa shape index (κ3) is 14.0. The number of aryl methyl sites for hydroxylation is 1. The van der Waals surface area contributed by atoms with Crippen LogP contribution in [0.1, 0.15) is 109 Å². The summed E-state index contributed by atoms with van der Waals surface area (Å²) in [6, 6.07) is 18.8. The maximum Gasteiger partial charge on any atom is 0.317 e. The Balaban J connectivity index is 1.77. The summed E-state index contributed by atoms with van der Waals surface area (Å²) in [6.45, 7) is 7.95. The van der Waals surface area contributed by atoms with E-state index in [1.807, 2.05) is 25.1 Å². The Hall–Kier alpha value is -2.33. The Bertz CT molecular complexity index is 911. The number of hydrogen-bond acceptors (Lipinski definition) is 3. The number of nitrogens with zero attached hydrogens (tertiary/aromatic N) is 1. The van der Waals surface area contributed by atoms with Crippen LogP contribution in [0.2, 0.25) is 0 Å². The minimum absolute atomic E-state index is 0.162. The number of benzene rings is 2. The predicted molar refractivity (Wildman–Crippen MR) is 164 cm³/mol. The van der Waals surface area contributed by atoms with Crippen LogP contribution < -0.4 is 4.74 Å². The quantitative estimate of drug-likeness (QED) is 0.0688. The van der Waals surface area contributed by atoms with Gasteiger partial charge in [-0.2, -0.15) is 0 Å². The van der Waals surface area contributed by atoms with Gasteiger partial charge in [-0.3, -0.25) is 4.79 Å². The van der Waals surface area contributed by atoms with Gasteiger partial charge in [0, 0.05) is 12.0 Å². The molecule has 2 atom stereocenters. The third-order valence-corrected chi connectivity index (χ3v) is 7.56. The number of carbonyl (C=O) groups is 1. The van der Waals surface area contributed by atoms with Gasteiger partial charge in [-0.05, 0) is 37.0 Å². The molecule has 0 saturated carbocycles. The van der Waals surface area contributed by atoms with Crippen molar-refractivity contribution in [3.63, 3.8) is 0 Å². The smallest absolute Gasteiger partial charge is 0.317 e. The van der Waals surface area contributed by atoms with Crippen LogP contribution in [0.5, 0.6) is 5.75 Å². The summed E-state index contributed by atoms with van der Waals surface area (Å²) in [5.74, 6) is 0.460. The first-order valence-corrected chi connectivity index (χ1v) is 15.7. The zero-order chi connectivity index (χ0) is 28.3. The van der Waals surface area contributed by atoms with Crippen molar-refractivity contribution >= 4 is 5.97 Å². The molecule has 0 aliphatic heterocycles. The number of quaternary nitrogens is 1. The Labute approximate surface area is 239 Å². The van der Waals surface area contributed by atoms with E-state index in [9.17, 15) is 4.79 Å². The minimum Gasteiger partial charge on any atom is -0.455 e. The molecule has 0 bridgehead atoms. The van der Waals surface area contributed by atoms with Gasteiger partial charge in [0.2, 0.25) is 6.29 Å². The highest BCUT2D eigenvalue weighted by Crippen LogP contribution is 2.21. The molecule has 2 aromatic rings. The van der Waals surface area contributed by atoms with E-state index in [2.05, 4.69) is 64.3 Å². The van der Waals surface area contributed by atoms with Crippen molar-refractivity contribution in [3.05, 3.63) is 65.7 Å². The lowest BCUT2D eigenvalue weighted by molar-refractivity contribution is -0.906. The van der Waals surface area contributed by atoms with Crippen molar-refractivity contribution in [1.82, 2.24) is 0 Å². The van der Waals surface area contributed by atoms with Gasteiger partial charge in [0.05, 0.1) is 20.6 Å². The monoisotopic (exact) mass is 538 g/mol. The van der Waals surface area contributed by atoms with Crippen LogP contribution >= 0.6 is 0 Å². The fraction of sp³-hybridized carbons (Fsp3) is 0.629. The van der Waals surface area contributed by atoms with Gasteiger partial charge in [0.25, 0.3) is 0 Å². The first-order chi connectivity index (χ1) is 18.9. The molecule has 2 rings (SSSR count). The fourth-order valence-electron chi connectivity index (χ4n) is 5.27. The maximum atomic E-state index is 13.1.